The summed E-state index contributed by atoms with van der Waals surface area (Å²) in [4.78, 5) is 10.2. The topological polar surface area (TPSA) is 26.3 Å². The van der Waals surface area contributed by atoms with E-state index < -0.39 is 0 Å². The van der Waals surface area contributed by atoms with Crippen LogP contribution in [0.1, 0.15) is 13.3 Å². The van der Waals surface area contributed by atoms with Gasteiger partial charge in [0.25, 0.3) is 0 Å². The second kappa shape index (κ2) is 2.78. The molecular formula is C7H10O2. The molecule has 0 N–H and O–H groups in total. The summed E-state index contributed by atoms with van der Waals surface area (Å²) in [5.74, 6) is 0. The standard InChI is InChI=1S/C7H10O2/c1-6-2-3-9-7(4-6)5-8/h2,5,7H,3-4H2,1H3/t7-/m0/s1. The number of hydrogen-bond acceptors (Lipinski definition) is 2. The van der Waals surface area contributed by atoms with E-state index in [4.69, 9.17) is 4.74 Å². The zero-order chi connectivity index (χ0) is 6.69. The van der Waals surface area contributed by atoms with Crippen molar-refractivity contribution in [3.05, 3.63) is 11.6 Å². The molecule has 2 heteroatoms. The van der Waals surface area contributed by atoms with Gasteiger partial charge in [0.05, 0.1) is 6.61 Å². The van der Waals surface area contributed by atoms with E-state index in [0.29, 0.717) is 6.61 Å². The van der Waals surface area contributed by atoms with E-state index in [1.807, 2.05) is 13.0 Å². The predicted octanol–water partition coefficient (Wildman–Crippen LogP) is 0.920. The van der Waals surface area contributed by atoms with Gasteiger partial charge in [-0.05, 0) is 6.92 Å². The molecule has 50 valence electrons. The molecule has 1 aliphatic rings. The fourth-order valence-corrected chi connectivity index (χ4v) is 0.861. The molecule has 0 fully saturated rings. The van der Waals surface area contributed by atoms with Crippen LogP contribution in [0.3, 0.4) is 0 Å². The minimum absolute atomic E-state index is 0.185. The lowest BCUT2D eigenvalue weighted by Crippen LogP contribution is -2.18. The van der Waals surface area contributed by atoms with Gasteiger partial charge in [0.15, 0.2) is 0 Å². The number of hydrogen-bond donors (Lipinski definition) is 0. The minimum atomic E-state index is -0.185. The first kappa shape index (κ1) is 6.49. The van der Waals surface area contributed by atoms with Gasteiger partial charge in [-0.2, -0.15) is 0 Å². The third-order valence-electron chi connectivity index (χ3n) is 1.42. The first-order chi connectivity index (χ1) is 4.33. The number of carbonyl (C=O) groups excluding carboxylic acids is 1. The van der Waals surface area contributed by atoms with Crippen molar-refractivity contribution in [1.82, 2.24) is 0 Å². The van der Waals surface area contributed by atoms with Gasteiger partial charge < -0.3 is 9.53 Å². The molecule has 2 nitrogen and oxygen atoms in total. The number of ether oxygens (including phenoxy) is 1. The number of aldehydes is 1. The second-order valence-electron chi connectivity index (χ2n) is 2.26. The molecule has 1 aliphatic heterocycles. The Morgan fingerprint density at radius 3 is 3.11 bits per heavy atom. The molecule has 1 rings (SSSR count). The van der Waals surface area contributed by atoms with Gasteiger partial charge in [-0.3, -0.25) is 0 Å². The van der Waals surface area contributed by atoms with E-state index in [2.05, 4.69) is 0 Å². The number of carbonyl (C=O) groups is 1. The maximum absolute atomic E-state index is 10.2. The van der Waals surface area contributed by atoms with Gasteiger partial charge in [-0.25, -0.2) is 0 Å². The molecule has 0 spiro atoms. The van der Waals surface area contributed by atoms with Gasteiger partial charge in [-0.15, -0.1) is 0 Å². The van der Waals surface area contributed by atoms with Crippen molar-refractivity contribution < 1.29 is 9.53 Å². The Bertz CT molecular complexity index is 138. The lowest BCUT2D eigenvalue weighted by atomic mass is 10.1. The van der Waals surface area contributed by atoms with Crippen LogP contribution in [0.5, 0.6) is 0 Å². The monoisotopic (exact) mass is 126 g/mol. The summed E-state index contributed by atoms with van der Waals surface area (Å²) in [6.07, 6.45) is 3.44. The SMILES string of the molecule is CC1=CCO[C@H](C=O)C1. The Morgan fingerprint density at radius 1 is 1.89 bits per heavy atom. The van der Waals surface area contributed by atoms with Crippen molar-refractivity contribution in [3.63, 3.8) is 0 Å². The van der Waals surface area contributed by atoms with E-state index in [1.165, 1.54) is 5.57 Å². The summed E-state index contributed by atoms with van der Waals surface area (Å²) in [6.45, 7) is 2.61. The summed E-state index contributed by atoms with van der Waals surface area (Å²) in [5.41, 5.74) is 1.25. The quantitative estimate of drug-likeness (QED) is 0.386. The van der Waals surface area contributed by atoms with Crippen LogP contribution in [0.15, 0.2) is 11.6 Å². The second-order valence-corrected chi connectivity index (χ2v) is 2.26. The Hall–Kier alpha value is -0.630. The largest absolute Gasteiger partial charge is 0.366 e. The van der Waals surface area contributed by atoms with E-state index in [-0.39, 0.29) is 6.10 Å². The molecule has 0 aliphatic carbocycles. The molecule has 0 bridgehead atoms. The molecule has 0 aromatic carbocycles. The smallest absolute Gasteiger partial charge is 0.149 e. The van der Waals surface area contributed by atoms with E-state index in [1.54, 1.807) is 0 Å². The maximum Gasteiger partial charge on any atom is 0.149 e. The van der Waals surface area contributed by atoms with E-state index in [0.717, 1.165) is 12.7 Å². The Balaban J connectivity index is 2.48. The number of rotatable bonds is 1. The highest BCUT2D eigenvalue weighted by Crippen LogP contribution is 2.11. The fourth-order valence-electron chi connectivity index (χ4n) is 0.861. The average Bonchev–Trinajstić information content (AvgIpc) is 1.88. The maximum atomic E-state index is 10.2. The van der Waals surface area contributed by atoms with Crippen molar-refractivity contribution >= 4 is 6.29 Å². The van der Waals surface area contributed by atoms with Crippen molar-refractivity contribution in [2.45, 2.75) is 19.4 Å². The van der Waals surface area contributed by atoms with Crippen LogP contribution in [-0.2, 0) is 9.53 Å². The summed E-state index contributed by atoms with van der Waals surface area (Å²) in [5, 5.41) is 0. The van der Waals surface area contributed by atoms with Crippen LogP contribution in [0.2, 0.25) is 0 Å². The van der Waals surface area contributed by atoms with Crippen LogP contribution in [-0.4, -0.2) is 19.0 Å². The Labute approximate surface area is 54.5 Å². The molecule has 0 aromatic rings. The van der Waals surface area contributed by atoms with Gasteiger partial charge in [0.2, 0.25) is 0 Å². The van der Waals surface area contributed by atoms with Crippen molar-refractivity contribution in [1.29, 1.82) is 0 Å². The Morgan fingerprint density at radius 2 is 2.67 bits per heavy atom. The average molecular weight is 126 g/mol. The molecule has 0 aromatic heterocycles. The normalized spacial score (nSPS) is 27.2. The highest BCUT2D eigenvalue weighted by Gasteiger charge is 2.10. The van der Waals surface area contributed by atoms with Crippen LogP contribution < -0.4 is 0 Å². The molecule has 9 heavy (non-hydrogen) atoms. The van der Waals surface area contributed by atoms with Crippen LogP contribution in [0, 0.1) is 0 Å². The predicted molar refractivity (Wildman–Crippen MR) is 34.2 cm³/mol. The highest BCUT2D eigenvalue weighted by molar-refractivity contribution is 5.57. The van der Waals surface area contributed by atoms with Crippen molar-refractivity contribution in [2.75, 3.05) is 6.61 Å². The van der Waals surface area contributed by atoms with Crippen molar-refractivity contribution in [3.8, 4) is 0 Å². The molecule has 1 atom stereocenters. The van der Waals surface area contributed by atoms with E-state index in [9.17, 15) is 4.79 Å². The summed E-state index contributed by atoms with van der Waals surface area (Å²) in [7, 11) is 0. The first-order valence-corrected chi connectivity index (χ1v) is 3.05. The summed E-state index contributed by atoms with van der Waals surface area (Å²) in [6, 6.07) is 0. The third kappa shape index (κ3) is 1.64. The first-order valence-electron chi connectivity index (χ1n) is 3.05. The lowest BCUT2D eigenvalue weighted by Gasteiger charge is -2.15. The summed E-state index contributed by atoms with van der Waals surface area (Å²) < 4.78 is 5.05. The van der Waals surface area contributed by atoms with Crippen LogP contribution in [0.25, 0.3) is 0 Å². The molecule has 0 radical (unpaired) electrons. The molecule has 0 saturated heterocycles. The fraction of sp³-hybridized carbons (Fsp3) is 0.571. The van der Waals surface area contributed by atoms with Gasteiger partial charge >= 0.3 is 0 Å². The summed E-state index contributed by atoms with van der Waals surface area (Å²) >= 11 is 0. The minimum Gasteiger partial charge on any atom is -0.366 e. The zero-order valence-electron chi connectivity index (χ0n) is 5.46. The molecule has 0 saturated carbocycles. The molecule has 0 unspecified atom stereocenters. The van der Waals surface area contributed by atoms with Crippen LogP contribution >= 0.6 is 0 Å². The van der Waals surface area contributed by atoms with Crippen molar-refractivity contribution in [2.24, 2.45) is 0 Å². The molecule has 0 amide bonds. The van der Waals surface area contributed by atoms with Gasteiger partial charge in [-0.1, -0.05) is 11.6 Å². The zero-order valence-corrected chi connectivity index (χ0v) is 5.46. The van der Waals surface area contributed by atoms with E-state index >= 15 is 0 Å². The van der Waals surface area contributed by atoms with Gasteiger partial charge in [0, 0.05) is 6.42 Å². The molecule has 1 heterocycles. The third-order valence-corrected chi connectivity index (χ3v) is 1.42. The van der Waals surface area contributed by atoms with Crippen LogP contribution in [0.4, 0.5) is 0 Å². The highest BCUT2D eigenvalue weighted by atomic mass is 16.5. The lowest BCUT2D eigenvalue weighted by molar-refractivity contribution is -0.117. The Kier molecular flexibility index (Phi) is 2.01. The van der Waals surface area contributed by atoms with Gasteiger partial charge in [0.1, 0.15) is 12.4 Å². The molecular weight excluding hydrogens is 116 g/mol.